The third-order valence-corrected chi connectivity index (χ3v) is 4.18. The van der Waals surface area contributed by atoms with Crippen LogP contribution in [0.2, 0.25) is 0 Å². The summed E-state index contributed by atoms with van der Waals surface area (Å²) in [5, 5.41) is 3.21. The van der Waals surface area contributed by atoms with Crippen LogP contribution in [0.15, 0.2) is 0 Å². The molecular weight excluding hydrogens is 248 g/mol. The maximum absolute atomic E-state index is 11.0. The minimum atomic E-state index is -2.84. The van der Waals surface area contributed by atoms with Gasteiger partial charge in [-0.15, -0.1) is 0 Å². The van der Waals surface area contributed by atoms with E-state index in [2.05, 4.69) is 31.0 Å². The molecule has 0 aliphatic rings. The molecule has 0 aromatic rings. The van der Waals surface area contributed by atoms with E-state index < -0.39 is 9.84 Å². The van der Waals surface area contributed by atoms with E-state index in [1.807, 2.05) is 0 Å². The van der Waals surface area contributed by atoms with Crippen molar-refractivity contribution in [3.8, 4) is 0 Å². The second-order valence-corrected chi connectivity index (χ2v) is 7.29. The number of nitrogens with zero attached hydrogens (tertiary/aromatic N) is 1. The van der Waals surface area contributed by atoms with Crippen LogP contribution in [0.1, 0.15) is 40.0 Å². The second-order valence-electron chi connectivity index (χ2n) is 5.03. The summed E-state index contributed by atoms with van der Waals surface area (Å²) in [6, 6.07) is 0.605. The van der Waals surface area contributed by atoms with Gasteiger partial charge in [0.1, 0.15) is 9.84 Å². The van der Waals surface area contributed by atoms with Crippen LogP contribution in [-0.4, -0.2) is 57.5 Å². The molecule has 0 saturated heterocycles. The third kappa shape index (κ3) is 9.85. The normalized spacial score (nSPS) is 14.1. The molecule has 0 bridgehead atoms. The molecule has 0 amide bonds. The Balaban J connectivity index is 3.82. The Morgan fingerprint density at radius 1 is 1.17 bits per heavy atom. The van der Waals surface area contributed by atoms with Crippen molar-refractivity contribution in [1.29, 1.82) is 0 Å². The van der Waals surface area contributed by atoms with Crippen molar-refractivity contribution in [2.45, 2.75) is 46.1 Å². The van der Waals surface area contributed by atoms with Gasteiger partial charge >= 0.3 is 0 Å². The first-order valence-electron chi connectivity index (χ1n) is 7.03. The van der Waals surface area contributed by atoms with E-state index in [1.54, 1.807) is 0 Å². The highest BCUT2D eigenvalue weighted by Crippen LogP contribution is 2.04. The van der Waals surface area contributed by atoms with Crippen molar-refractivity contribution in [1.82, 2.24) is 10.2 Å². The Labute approximate surface area is 113 Å². The zero-order valence-electron chi connectivity index (χ0n) is 12.4. The highest BCUT2D eigenvalue weighted by molar-refractivity contribution is 7.90. The molecule has 5 heteroatoms. The van der Waals surface area contributed by atoms with E-state index in [1.165, 1.54) is 19.1 Å². The lowest BCUT2D eigenvalue weighted by Gasteiger charge is -2.28. The Hall–Kier alpha value is -0.130. The SMILES string of the molecule is CCCCN(CCNCCS(C)(=O)=O)C(C)CC. The fourth-order valence-corrected chi connectivity index (χ4v) is 2.29. The maximum Gasteiger partial charge on any atom is 0.148 e. The molecule has 18 heavy (non-hydrogen) atoms. The van der Waals surface area contributed by atoms with Gasteiger partial charge in [0, 0.05) is 31.9 Å². The maximum atomic E-state index is 11.0. The summed E-state index contributed by atoms with van der Waals surface area (Å²) in [4.78, 5) is 2.48. The molecular formula is C13H30N2O2S. The van der Waals surface area contributed by atoms with E-state index in [9.17, 15) is 8.42 Å². The Morgan fingerprint density at radius 3 is 2.33 bits per heavy atom. The standard InChI is InChI=1S/C13H30N2O2S/c1-5-7-10-15(13(3)6-2)11-8-14-9-12-18(4,16)17/h13-14H,5-12H2,1-4H3. The number of rotatable bonds is 11. The molecule has 0 aromatic heterocycles. The fraction of sp³-hybridized carbons (Fsp3) is 1.00. The van der Waals surface area contributed by atoms with Crippen LogP contribution < -0.4 is 5.32 Å². The summed E-state index contributed by atoms with van der Waals surface area (Å²) in [5.74, 6) is 0.227. The molecule has 0 aromatic carbocycles. The van der Waals surface area contributed by atoms with E-state index in [0.717, 1.165) is 26.1 Å². The zero-order valence-corrected chi connectivity index (χ0v) is 13.2. The number of nitrogens with one attached hydrogen (secondary N) is 1. The van der Waals surface area contributed by atoms with Gasteiger partial charge in [0.15, 0.2) is 0 Å². The summed E-state index contributed by atoms with van der Waals surface area (Å²) in [6.45, 7) is 10.2. The molecule has 0 aliphatic carbocycles. The molecule has 0 saturated carbocycles. The summed E-state index contributed by atoms with van der Waals surface area (Å²) >= 11 is 0. The van der Waals surface area contributed by atoms with Crippen molar-refractivity contribution >= 4 is 9.84 Å². The lowest BCUT2D eigenvalue weighted by Crippen LogP contribution is -2.39. The number of hydrogen-bond acceptors (Lipinski definition) is 4. The quantitative estimate of drug-likeness (QED) is 0.582. The third-order valence-electron chi connectivity index (χ3n) is 3.24. The first-order chi connectivity index (χ1) is 8.40. The van der Waals surface area contributed by atoms with Crippen LogP contribution in [0.25, 0.3) is 0 Å². The van der Waals surface area contributed by atoms with Gasteiger partial charge in [-0.2, -0.15) is 0 Å². The van der Waals surface area contributed by atoms with Crippen molar-refractivity contribution in [2.24, 2.45) is 0 Å². The van der Waals surface area contributed by atoms with Crippen LogP contribution in [0, 0.1) is 0 Å². The monoisotopic (exact) mass is 278 g/mol. The van der Waals surface area contributed by atoms with Gasteiger partial charge in [-0.3, -0.25) is 4.90 Å². The average molecular weight is 278 g/mol. The predicted molar refractivity (Wildman–Crippen MR) is 78.8 cm³/mol. The molecule has 0 rings (SSSR count). The van der Waals surface area contributed by atoms with Crippen molar-refractivity contribution in [2.75, 3.05) is 38.2 Å². The second kappa shape index (κ2) is 9.75. The predicted octanol–water partition coefficient (Wildman–Crippen LogP) is 1.52. The summed E-state index contributed by atoms with van der Waals surface area (Å²) < 4.78 is 21.9. The molecule has 0 radical (unpaired) electrons. The van der Waals surface area contributed by atoms with E-state index >= 15 is 0 Å². The van der Waals surface area contributed by atoms with Gasteiger partial charge in [-0.05, 0) is 26.3 Å². The van der Waals surface area contributed by atoms with Gasteiger partial charge in [0.05, 0.1) is 5.75 Å². The Kier molecular flexibility index (Phi) is 9.68. The molecule has 0 spiro atoms. The number of sulfone groups is 1. The van der Waals surface area contributed by atoms with E-state index in [0.29, 0.717) is 12.6 Å². The van der Waals surface area contributed by atoms with Gasteiger partial charge in [0.2, 0.25) is 0 Å². The Bertz CT molecular complexity index is 291. The van der Waals surface area contributed by atoms with Crippen LogP contribution in [-0.2, 0) is 9.84 Å². The van der Waals surface area contributed by atoms with Crippen LogP contribution in [0.3, 0.4) is 0 Å². The molecule has 0 aliphatic heterocycles. The molecule has 4 nitrogen and oxygen atoms in total. The van der Waals surface area contributed by atoms with E-state index in [-0.39, 0.29) is 5.75 Å². The number of unbranched alkanes of at least 4 members (excludes halogenated alkanes) is 1. The first kappa shape index (κ1) is 17.9. The minimum Gasteiger partial charge on any atom is -0.314 e. The molecule has 0 fully saturated rings. The molecule has 1 atom stereocenters. The fourth-order valence-electron chi connectivity index (χ4n) is 1.78. The van der Waals surface area contributed by atoms with Gasteiger partial charge in [-0.1, -0.05) is 20.3 Å². The molecule has 1 unspecified atom stereocenters. The van der Waals surface area contributed by atoms with Gasteiger partial charge in [0.25, 0.3) is 0 Å². The van der Waals surface area contributed by atoms with Crippen molar-refractivity contribution < 1.29 is 8.42 Å². The summed E-state index contributed by atoms with van der Waals surface area (Å²) in [6.07, 6.45) is 4.89. The smallest absolute Gasteiger partial charge is 0.148 e. The number of hydrogen-bond donors (Lipinski definition) is 1. The molecule has 0 heterocycles. The van der Waals surface area contributed by atoms with Crippen molar-refractivity contribution in [3.05, 3.63) is 0 Å². The topological polar surface area (TPSA) is 49.4 Å². The highest BCUT2D eigenvalue weighted by atomic mass is 32.2. The summed E-state index contributed by atoms with van der Waals surface area (Å²) in [5.41, 5.74) is 0. The first-order valence-corrected chi connectivity index (χ1v) is 9.09. The minimum absolute atomic E-state index is 0.227. The molecule has 110 valence electrons. The average Bonchev–Trinajstić information content (AvgIpc) is 2.30. The highest BCUT2D eigenvalue weighted by Gasteiger charge is 2.10. The zero-order chi connectivity index (χ0) is 14.0. The molecule has 1 N–H and O–H groups in total. The summed E-state index contributed by atoms with van der Waals surface area (Å²) in [7, 11) is -2.84. The lowest BCUT2D eigenvalue weighted by atomic mass is 10.2. The van der Waals surface area contributed by atoms with Crippen LogP contribution in [0.5, 0.6) is 0 Å². The van der Waals surface area contributed by atoms with Gasteiger partial charge in [-0.25, -0.2) is 8.42 Å². The van der Waals surface area contributed by atoms with Crippen LogP contribution in [0.4, 0.5) is 0 Å². The Morgan fingerprint density at radius 2 is 1.83 bits per heavy atom. The van der Waals surface area contributed by atoms with Crippen molar-refractivity contribution in [3.63, 3.8) is 0 Å². The largest absolute Gasteiger partial charge is 0.314 e. The van der Waals surface area contributed by atoms with Gasteiger partial charge < -0.3 is 5.32 Å². The lowest BCUT2D eigenvalue weighted by molar-refractivity contribution is 0.202. The van der Waals surface area contributed by atoms with Crippen LogP contribution >= 0.6 is 0 Å². The van der Waals surface area contributed by atoms with E-state index in [4.69, 9.17) is 0 Å².